The molecular weight excluding hydrogens is 437 g/mol. The summed E-state index contributed by atoms with van der Waals surface area (Å²) in [5, 5.41) is 3.02. The number of nitrogens with one attached hydrogen (secondary N) is 1. The van der Waals surface area contributed by atoms with Crippen LogP contribution in [0.5, 0.6) is 11.5 Å². The summed E-state index contributed by atoms with van der Waals surface area (Å²) in [5.74, 6) is 3.30. The molecule has 158 valence electrons. The van der Waals surface area contributed by atoms with Gasteiger partial charge >= 0.3 is 6.18 Å². The van der Waals surface area contributed by atoms with E-state index in [2.05, 4.69) is 16.2 Å². The average molecular weight is 455 g/mol. The van der Waals surface area contributed by atoms with Crippen LogP contribution < -0.4 is 10.1 Å². The lowest BCUT2D eigenvalue weighted by Crippen LogP contribution is -2.15. The monoisotopic (exact) mass is 454 g/mol. The Hall–Kier alpha value is -2.71. The van der Waals surface area contributed by atoms with E-state index in [0.29, 0.717) is 4.90 Å². The van der Waals surface area contributed by atoms with E-state index in [1.54, 1.807) is 24.3 Å². The van der Waals surface area contributed by atoms with Crippen molar-refractivity contribution in [2.75, 3.05) is 11.2 Å². The Morgan fingerprint density at radius 1 is 1.13 bits per heavy atom. The van der Waals surface area contributed by atoms with Gasteiger partial charge in [-0.05, 0) is 43.1 Å². The van der Waals surface area contributed by atoms with Crippen LogP contribution in [0, 0.1) is 6.92 Å². The van der Waals surface area contributed by atoms with E-state index in [0.717, 1.165) is 11.6 Å². The van der Waals surface area contributed by atoms with Crippen molar-refractivity contribution in [2.45, 2.75) is 18.0 Å². The first-order chi connectivity index (χ1) is 14.0. The zero-order valence-corrected chi connectivity index (χ0v) is 17.4. The van der Waals surface area contributed by atoms with Crippen LogP contribution >= 0.6 is 11.6 Å². The Bertz CT molecular complexity index is 1150. The lowest BCUT2D eigenvalue weighted by molar-refractivity contribution is -0.138. The molecule has 0 aliphatic carbocycles. The maximum atomic E-state index is 13.6. The van der Waals surface area contributed by atoms with Crippen LogP contribution in [0.15, 0.2) is 65.8 Å². The molecule has 0 aliphatic heterocycles. The highest BCUT2D eigenvalue weighted by molar-refractivity contribution is 8.00. The lowest BCUT2D eigenvalue weighted by atomic mass is 10.1. The summed E-state index contributed by atoms with van der Waals surface area (Å²) in [6.07, 6.45) is -2.06. The average Bonchev–Trinajstić information content (AvgIpc) is 2.67. The Morgan fingerprint density at radius 3 is 2.47 bits per heavy atom. The van der Waals surface area contributed by atoms with Gasteiger partial charge in [-0.25, -0.2) is 0 Å². The van der Waals surface area contributed by atoms with Gasteiger partial charge in [-0.1, -0.05) is 29.3 Å². The molecule has 0 radical (unpaired) electrons. The SMILES string of the molecule is C=S(=O)(CNc1ccc(Oc2cncc(Cl)c2)c(C(F)(F)F)c1)c1ccc(C)cc1. The summed E-state index contributed by atoms with van der Waals surface area (Å²) in [5.41, 5.74) is 0.156. The summed E-state index contributed by atoms with van der Waals surface area (Å²) in [6, 6.07) is 11.9. The van der Waals surface area contributed by atoms with Crippen molar-refractivity contribution in [2.24, 2.45) is 0 Å². The van der Waals surface area contributed by atoms with Crippen molar-refractivity contribution in [3.05, 3.63) is 77.1 Å². The van der Waals surface area contributed by atoms with Gasteiger partial charge in [0.05, 0.1) is 17.1 Å². The first-order valence-electron chi connectivity index (χ1n) is 8.70. The van der Waals surface area contributed by atoms with Gasteiger partial charge in [0.2, 0.25) is 0 Å². The Morgan fingerprint density at radius 2 is 1.83 bits per heavy atom. The van der Waals surface area contributed by atoms with Gasteiger partial charge in [0.15, 0.2) is 0 Å². The summed E-state index contributed by atoms with van der Waals surface area (Å²) < 4.78 is 58.9. The van der Waals surface area contributed by atoms with Crippen LogP contribution in [0.1, 0.15) is 11.1 Å². The molecule has 0 fully saturated rings. The number of aromatic nitrogens is 1. The molecule has 0 amide bonds. The largest absolute Gasteiger partial charge is 0.455 e. The molecule has 1 heterocycles. The van der Waals surface area contributed by atoms with Gasteiger partial charge in [-0.2, -0.15) is 13.2 Å². The minimum Gasteiger partial charge on any atom is -0.455 e. The number of nitrogens with zero attached hydrogens (tertiary/aromatic N) is 1. The third kappa shape index (κ3) is 5.46. The topological polar surface area (TPSA) is 51.2 Å². The van der Waals surface area contributed by atoms with Crippen LogP contribution in [-0.2, 0) is 15.7 Å². The number of pyridine rings is 1. The summed E-state index contributed by atoms with van der Waals surface area (Å²) in [6.45, 7) is 1.90. The van der Waals surface area contributed by atoms with Crippen molar-refractivity contribution in [3.63, 3.8) is 0 Å². The third-order valence-corrected chi connectivity index (χ3v) is 6.10. The van der Waals surface area contributed by atoms with Crippen LogP contribution in [0.25, 0.3) is 0 Å². The number of rotatable bonds is 6. The molecule has 1 N–H and O–H groups in total. The van der Waals surface area contributed by atoms with Gasteiger partial charge in [0.1, 0.15) is 17.1 Å². The predicted molar refractivity (Wildman–Crippen MR) is 114 cm³/mol. The minimum atomic E-state index is -4.66. The molecule has 1 aromatic heterocycles. The van der Waals surface area contributed by atoms with Gasteiger partial charge in [0, 0.05) is 32.4 Å². The molecule has 0 saturated heterocycles. The van der Waals surface area contributed by atoms with Gasteiger partial charge < -0.3 is 10.1 Å². The molecule has 0 bridgehead atoms. The zero-order valence-electron chi connectivity index (χ0n) is 15.9. The van der Waals surface area contributed by atoms with E-state index in [-0.39, 0.29) is 22.3 Å². The number of hydrogen-bond donors (Lipinski definition) is 1. The molecule has 1 unspecified atom stereocenters. The van der Waals surface area contributed by atoms with E-state index in [4.69, 9.17) is 16.3 Å². The molecule has 0 aliphatic rings. The van der Waals surface area contributed by atoms with E-state index >= 15 is 0 Å². The number of alkyl halides is 3. The summed E-state index contributed by atoms with van der Waals surface area (Å²) in [4.78, 5) is 4.31. The van der Waals surface area contributed by atoms with E-state index in [1.807, 2.05) is 6.92 Å². The van der Waals surface area contributed by atoms with Gasteiger partial charge in [-0.15, -0.1) is 0 Å². The lowest BCUT2D eigenvalue weighted by Gasteiger charge is -2.17. The zero-order chi connectivity index (χ0) is 21.9. The number of benzene rings is 2. The maximum Gasteiger partial charge on any atom is 0.420 e. The van der Waals surface area contributed by atoms with Gasteiger partial charge in [0.25, 0.3) is 0 Å². The Balaban J connectivity index is 1.83. The fraction of sp³-hybridized carbons (Fsp3) is 0.143. The number of hydrogen-bond acceptors (Lipinski definition) is 4. The minimum absolute atomic E-state index is 0.0776. The fourth-order valence-electron chi connectivity index (χ4n) is 2.60. The first-order valence-corrected chi connectivity index (χ1v) is 11.0. The predicted octanol–water partition coefficient (Wildman–Crippen LogP) is 6.00. The van der Waals surface area contributed by atoms with E-state index in [1.165, 1.54) is 30.6 Å². The van der Waals surface area contributed by atoms with Gasteiger partial charge in [-0.3, -0.25) is 9.19 Å². The fourth-order valence-corrected chi connectivity index (χ4v) is 3.96. The molecule has 4 nitrogen and oxygen atoms in total. The van der Waals surface area contributed by atoms with Crippen molar-refractivity contribution < 1.29 is 22.1 Å². The third-order valence-electron chi connectivity index (χ3n) is 4.15. The maximum absolute atomic E-state index is 13.6. The van der Waals surface area contributed by atoms with Crippen LogP contribution in [0.2, 0.25) is 5.02 Å². The van der Waals surface area contributed by atoms with Crippen LogP contribution in [-0.4, -0.2) is 20.9 Å². The van der Waals surface area contributed by atoms with Crippen molar-refractivity contribution in [3.8, 4) is 11.5 Å². The van der Waals surface area contributed by atoms with Crippen molar-refractivity contribution >= 4 is 32.7 Å². The highest BCUT2D eigenvalue weighted by Crippen LogP contribution is 2.40. The highest BCUT2D eigenvalue weighted by Gasteiger charge is 2.35. The second kappa shape index (κ2) is 8.57. The summed E-state index contributed by atoms with van der Waals surface area (Å²) in [7, 11) is -2.73. The standard InChI is InChI=1S/C21H18ClF3N2O2S/c1-14-3-6-18(7-4-14)30(2,28)13-27-16-5-8-20(19(10-16)21(23,24)25)29-17-9-15(22)11-26-12-17/h3-12,27H,2,13H2,1H3. The molecular formula is C21H18ClF3N2O2S. The van der Waals surface area contributed by atoms with E-state index in [9.17, 15) is 17.4 Å². The molecule has 30 heavy (non-hydrogen) atoms. The molecule has 2 aromatic carbocycles. The molecule has 1 atom stereocenters. The highest BCUT2D eigenvalue weighted by atomic mass is 35.5. The summed E-state index contributed by atoms with van der Waals surface area (Å²) >= 11 is 5.80. The normalized spacial score (nSPS) is 13.5. The van der Waals surface area contributed by atoms with E-state index < -0.39 is 27.0 Å². The number of halogens is 4. The first kappa shape index (κ1) is 22.0. The molecule has 3 aromatic rings. The van der Waals surface area contributed by atoms with Crippen LogP contribution in [0.3, 0.4) is 0 Å². The Kier molecular flexibility index (Phi) is 6.28. The van der Waals surface area contributed by atoms with Crippen LogP contribution in [0.4, 0.5) is 18.9 Å². The smallest absolute Gasteiger partial charge is 0.420 e. The Labute approximate surface area is 177 Å². The number of ether oxygens (including phenoxy) is 1. The van der Waals surface area contributed by atoms with Crippen molar-refractivity contribution in [1.29, 1.82) is 0 Å². The van der Waals surface area contributed by atoms with Crippen molar-refractivity contribution in [1.82, 2.24) is 4.98 Å². The second-order valence-electron chi connectivity index (χ2n) is 6.60. The molecule has 0 spiro atoms. The second-order valence-corrected chi connectivity index (χ2v) is 9.42. The molecule has 3 rings (SSSR count). The molecule has 9 heteroatoms. The number of anilines is 1. The number of aryl methyl sites for hydroxylation is 1. The molecule has 0 saturated carbocycles. The quantitative estimate of drug-likeness (QED) is 0.464.